The Balaban J connectivity index is 3.43. The van der Waals surface area contributed by atoms with Crippen molar-refractivity contribution in [3.63, 3.8) is 0 Å². The van der Waals surface area contributed by atoms with Gasteiger partial charge in [-0.15, -0.1) is 0 Å². The van der Waals surface area contributed by atoms with Crippen molar-refractivity contribution >= 4 is 11.9 Å². The van der Waals surface area contributed by atoms with Gasteiger partial charge in [-0.1, -0.05) is 333 Å². The SMILES string of the molecule is CCCCCCCCCCCCCCCCCC/C=C/C(O)C(CO)NC(=O)CCCCCCCCCCCCCCC/C=C\C/C=C\CCCCCCCCCCCOC(=O)CCCCCCCCCCCCCC. The maximum absolute atomic E-state index is 12.5. The summed E-state index contributed by atoms with van der Waals surface area (Å²) in [5, 5.41) is 23.2. The van der Waals surface area contributed by atoms with Crippen molar-refractivity contribution in [1.29, 1.82) is 0 Å². The van der Waals surface area contributed by atoms with Gasteiger partial charge < -0.3 is 20.3 Å². The molecule has 0 aliphatic rings. The second kappa shape index (κ2) is 65.6. The molecule has 0 fully saturated rings. The topological polar surface area (TPSA) is 95.9 Å². The van der Waals surface area contributed by atoms with Gasteiger partial charge in [0.15, 0.2) is 0 Å². The molecule has 0 rings (SSSR count). The van der Waals surface area contributed by atoms with Crippen LogP contribution >= 0.6 is 0 Å². The quantitative estimate of drug-likeness (QED) is 0.0320. The highest BCUT2D eigenvalue weighted by molar-refractivity contribution is 5.76. The molecule has 0 aliphatic carbocycles. The molecule has 3 N–H and O–H groups in total. The summed E-state index contributed by atoms with van der Waals surface area (Å²) in [5.41, 5.74) is 0. The number of carbonyl (C=O) groups excluding carboxylic acids is 2. The van der Waals surface area contributed by atoms with E-state index in [1.807, 2.05) is 6.08 Å². The number of carbonyl (C=O) groups is 2. The molecule has 2 atom stereocenters. The number of rotatable bonds is 64. The van der Waals surface area contributed by atoms with Crippen LogP contribution in [0.4, 0.5) is 0 Å². The number of amides is 1. The first-order chi connectivity index (χ1) is 37.5. The van der Waals surface area contributed by atoms with Crippen LogP contribution in [0.25, 0.3) is 0 Å². The van der Waals surface area contributed by atoms with E-state index in [9.17, 15) is 19.8 Å². The molecular weight excluding hydrogens is 935 g/mol. The lowest BCUT2D eigenvalue weighted by atomic mass is 10.0. The molecule has 0 aromatic carbocycles. The molecule has 0 aliphatic heterocycles. The highest BCUT2D eigenvalue weighted by Crippen LogP contribution is 2.18. The normalized spacial score (nSPS) is 12.7. The van der Waals surface area contributed by atoms with E-state index in [-0.39, 0.29) is 18.5 Å². The number of hydrogen-bond acceptors (Lipinski definition) is 5. The largest absolute Gasteiger partial charge is 0.466 e. The van der Waals surface area contributed by atoms with Gasteiger partial charge in [0, 0.05) is 12.8 Å². The maximum Gasteiger partial charge on any atom is 0.305 e. The minimum Gasteiger partial charge on any atom is -0.466 e. The fourth-order valence-corrected chi connectivity index (χ4v) is 10.7. The van der Waals surface area contributed by atoms with Crippen LogP contribution in [0.3, 0.4) is 0 Å². The smallest absolute Gasteiger partial charge is 0.305 e. The number of hydrogen-bond donors (Lipinski definition) is 3. The van der Waals surface area contributed by atoms with Crippen molar-refractivity contribution in [2.24, 2.45) is 0 Å². The fraction of sp³-hybridized carbons (Fsp3) is 0.886. The van der Waals surface area contributed by atoms with Crippen molar-refractivity contribution in [3.05, 3.63) is 36.5 Å². The van der Waals surface area contributed by atoms with E-state index in [1.54, 1.807) is 6.08 Å². The Labute approximate surface area is 474 Å². The second-order valence-corrected chi connectivity index (χ2v) is 23.5. The number of aliphatic hydroxyl groups excluding tert-OH is 2. The van der Waals surface area contributed by atoms with Gasteiger partial charge in [0.25, 0.3) is 0 Å². The molecular formula is C70H133NO5. The van der Waals surface area contributed by atoms with Crippen LogP contribution in [0, 0.1) is 0 Å². The van der Waals surface area contributed by atoms with Gasteiger partial charge in [-0.2, -0.15) is 0 Å². The Morgan fingerprint density at radius 2 is 0.658 bits per heavy atom. The Morgan fingerprint density at radius 3 is 1.00 bits per heavy atom. The van der Waals surface area contributed by atoms with E-state index >= 15 is 0 Å². The first kappa shape index (κ1) is 74.1. The number of allylic oxidation sites excluding steroid dienone is 5. The van der Waals surface area contributed by atoms with Crippen molar-refractivity contribution < 1.29 is 24.5 Å². The van der Waals surface area contributed by atoms with Gasteiger partial charge in [0.2, 0.25) is 5.91 Å². The van der Waals surface area contributed by atoms with Crippen LogP contribution in [0.15, 0.2) is 36.5 Å². The first-order valence-corrected chi connectivity index (χ1v) is 34.3. The molecule has 448 valence electrons. The molecule has 0 spiro atoms. The number of aliphatic hydroxyl groups is 2. The minimum atomic E-state index is -0.846. The third-order valence-corrected chi connectivity index (χ3v) is 15.9. The number of esters is 1. The number of nitrogens with one attached hydrogen (secondary N) is 1. The summed E-state index contributed by atoms with van der Waals surface area (Å²) in [4.78, 5) is 24.5. The van der Waals surface area contributed by atoms with Gasteiger partial charge in [-0.25, -0.2) is 0 Å². The van der Waals surface area contributed by atoms with Crippen LogP contribution < -0.4 is 5.32 Å². The van der Waals surface area contributed by atoms with E-state index in [2.05, 4.69) is 43.5 Å². The lowest BCUT2D eigenvalue weighted by Gasteiger charge is -2.20. The lowest BCUT2D eigenvalue weighted by Crippen LogP contribution is -2.45. The molecule has 76 heavy (non-hydrogen) atoms. The van der Waals surface area contributed by atoms with Gasteiger partial charge >= 0.3 is 5.97 Å². The summed E-state index contributed by atoms with van der Waals surface area (Å²) in [6.45, 7) is 4.93. The van der Waals surface area contributed by atoms with Crippen LogP contribution in [-0.4, -0.2) is 47.4 Å². The molecule has 6 nitrogen and oxygen atoms in total. The fourth-order valence-electron chi connectivity index (χ4n) is 10.7. The summed E-state index contributed by atoms with van der Waals surface area (Å²) >= 11 is 0. The lowest BCUT2D eigenvalue weighted by molar-refractivity contribution is -0.143. The molecule has 0 aromatic heterocycles. The van der Waals surface area contributed by atoms with Gasteiger partial charge in [0.05, 0.1) is 25.4 Å². The number of ether oxygens (including phenoxy) is 1. The minimum absolute atomic E-state index is 0.0126. The maximum atomic E-state index is 12.5. The van der Waals surface area contributed by atoms with Crippen molar-refractivity contribution in [2.75, 3.05) is 13.2 Å². The van der Waals surface area contributed by atoms with Gasteiger partial charge in [-0.3, -0.25) is 9.59 Å². The van der Waals surface area contributed by atoms with Crippen molar-refractivity contribution in [3.8, 4) is 0 Å². The zero-order valence-corrected chi connectivity index (χ0v) is 51.3. The molecule has 6 heteroatoms. The van der Waals surface area contributed by atoms with Gasteiger partial charge in [-0.05, 0) is 64.2 Å². The van der Waals surface area contributed by atoms with E-state index in [0.717, 1.165) is 44.9 Å². The molecule has 0 saturated carbocycles. The Kier molecular flexibility index (Phi) is 63.9. The molecule has 0 aromatic rings. The van der Waals surface area contributed by atoms with E-state index in [0.29, 0.717) is 19.4 Å². The van der Waals surface area contributed by atoms with Crippen LogP contribution in [0.1, 0.15) is 373 Å². The highest BCUT2D eigenvalue weighted by atomic mass is 16.5. The Bertz CT molecular complexity index is 1230. The Morgan fingerprint density at radius 1 is 0.368 bits per heavy atom. The predicted octanol–water partition coefficient (Wildman–Crippen LogP) is 21.9. The summed E-state index contributed by atoms with van der Waals surface area (Å²) in [6, 6.07) is -0.629. The molecule has 0 saturated heterocycles. The summed E-state index contributed by atoms with van der Waals surface area (Å²) in [5.74, 6) is -0.0536. The van der Waals surface area contributed by atoms with Crippen LogP contribution in [0.5, 0.6) is 0 Å². The molecule has 0 bridgehead atoms. The monoisotopic (exact) mass is 1070 g/mol. The standard InChI is InChI=1S/C70H133NO5/c1-3-5-7-9-11-13-15-17-18-19-33-36-39-42-46-50-54-58-62-68(73)67(66-72)71-69(74)63-59-55-51-47-43-40-37-34-31-29-27-25-23-21-20-22-24-26-28-30-32-35-38-41-45-49-53-57-61-65-76-70(75)64-60-56-52-48-44-16-14-12-10-8-6-4-2/h20,22,26,28,58,62,67-68,72-73H,3-19,21,23-25,27,29-57,59-61,63-66H2,1-2H3,(H,71,74)/b22-20-,28-26-,62-58+. The average molecular weight is 1070 g/mol. The second-order valence-electron chi connectivity index (χ2n) is 23.5. The van der Waals surface area contributed by atoms with E-state index < -0.39 is 12.1 Å². The third-order valence-electron chi connectivity index (χ3n) is 15.9. The van der Waals surface area contributed by atoms with Crippen molar-refractivity contribution in [1.82, 2.24) is 5.32 Å². The average Bonchev–Trinajstić information content (AvgIpc) is 3.42. The molecule has 0 heterocycles. The van der Waals surface area contributed by atoms with Crippen LogP contribution in [0.2, 0.25) is 0 Å². The highest BCUT2D eigenvalue weighted by Gasteiger charge is 2.18. The zero-order chi connectivity index (χ0) is 55.0. The summed E-state index contributed by atoms with van der Waals surface area (Å²) in [6.07, 6.45) is 83.6. The van der Waals surface area contributed by atoms with Gasteiger partial charge in [0.1, 0.15) is 0 Å². The summed E-state index contributed by atoms with van der Waals surface area (Å²) < 4.78 is 5.47. The zero-order valence-electron chi connectivity index (χ0n) is 51.3. The first-order valence-electron chi connectivity index (χ1n) is 34.3. The van der Waals surface area contributed by atoms with E-state index in [4.69, 9.17) is 4.74 Å². The third kappa shape index (κ3) is 61.3. The van der Waals surface area contributed by atoms with E-state index in [1.165, 1.54) is 302 Å². The number of unbranched alkanes of at least 4 members (excludes halogenated alkanes) is 49. The summed E-state index contributed by atoms with van der Waals surface area (Å²) in [7, 11) is 0. The Hall–Kier alpha value is -1.92. The molecule has 1 amide bonds. The molecule has 2 unspecified atom stereocenters. The van der Waals surface area contributed by atoms with Crippen LogP contribution in [-0.2, 0) is 14.3 Å². The molecule has 0 radical (unpaired) electrons. The predicted molar refractivity (Wildman–Crippen MR) is 333 cm³/mol. The van der Waals surface area contributed by atoms with Crippen molar-refractivity contribution in [2.45, 2.75) is 386 Å².